The lowest BCUT2D eigenvalue weighted by Crippen LogP contribution is -2.20. The van der Waals surface area contributed by atoms with Gasteiger partial charge in [0.05, 0.1) is 4.47 Å². The molecule has 0 aromatic carbocycles. The summed E-state index contributed by atoms with van der Waals surface area (Å²) in [6, 6.07) is 0. The highest BCUT2D eigenvalue weighted by molar-refractivity contribution is 9.10. The molecule has 1 saturated heterocycles. The van der Waals surface area contributed by atoms with Gasteiger partial charge in [-0.3, -0.25) is 0 Å². The highest BCUT2D eigenvalue weighted by Gasteiger charge is 2.14. The summed E-state index contributed by atoms with van der Waals surface area (Å²) in [6.07, 6.45) is 5.45. The number of nitrogens with zero attached hydrogens (tertiary/aromatic N) is 2. The van der Waals surface area contributed by atoms with E-state index in [-0.39, 0.29) is 0 Å². The second-order valence-electron chi connectivity index (χ2n) is 3.70. The van der Waals surface area contributed by atoms with Crippen LogP contribution in [0.2, 0.25) is 5.15 Å². The lowest BCUT2D eigenvalue weighted by atomic mass is 10.2. The van der Waals surface area contributed by atoms with Crippen molar-refractivity contribution in [3.8, 4) is 0 Å². The molecular weight excluding hydrogens is 310 g/mol. The zero-order valence-corrected chi connectivity index (χ0v) is 11.9. The Balaban J connectivity index is 1.91. The fourth-order valence-corrected chi connectivity index (χ4v) is 3.37. The van der Waals surface area contributed by atoms with E-state index < -0.39 is 0 Å². The molecule has 2 rings (SSSR count). The van der Waals surface area contributed by atoms with E-state index in [0.717, 1.165) is 16.8 Å². The Morgan fingerprint density at radius 3 is 3.12 bits per heavy atom. The zero-order valence-electron chi connectivity index (χ0n) is 8.75. The largest absolute Gasteiger partial charge is 0.368 e. The number of nitrogens with one attached hydrogen (secondary N) is 1. The van der Waals surface area contributed by atoms with Gasteiger partial charge >= 0.3 is 0 Å². The Bertz CT molecular complexity index is 358. The van der Waals surface area contributed by atoms with Crippen LogP contribution in [0.25, 0.3) is 0 Å². The van der Waals surface area contributed by atoms with Crippen LogP contribution in [0.5, 0.6) is 0 Å². The molecule has 1 unspecified atom stereocenters. The van der Waals surface area contributed by atoms with E-state index in [9.17, 15) is 0 Å². The molecule has 1 atom stereocenters. The minimum absolute atomic E-state index is 0.453. The average molecular weight is 323 g/mol. The number of halogens is 2. The van der Waals surface area contributed by atoms with Crippen LogP contribution in [0.1, 0.15) is 19.3 Å². The number of hydrogen-bond acceptors (Lipinski definition) is 4. The minimum atomic E-state index is 0.453. The van der Waals surface area contributed by atoms with Crippen LogP contribution in [0.3, 0.4) is 0 Å². The fraction of sp³-hybridized carbons (Fsp3) is 0.600. The molecule has 0 radical (unpaired) electrons. The summed E-state index contributed by atoms with van der Waals surface area (Å²) in [7, 11) is 0. The van der Waals surface area contributed by atoms with Crippen molar-refractivity contribution in [3.63, 3.8) is 0 Å². The average Bonchev–Trinajstić information content (AvgIpc) is 2.32. The summed E-state index contributed by atoms with van der Waals surface area (Å²) in [5.41, 5.74) is 0. The SMILES string of the molecule is Clc1ncnc(NCC2CCCCS2)c1Br. The molecule has 1 aliphatic rings. The molecule has 6 heteroatoms. The van der Waals surface area contributed by atoms with Gasteiger partial charge in [0.15, 0.2) is 0 Å². The van der Waals surface area contributed by atoms with Gasteiger partial charge in [-0.15, -0.1) is 0 Å². The van der Waals surface area contributed by atoms with Gasteiger partial charge in [-0.25, -0.2) is 9.97 Å². The zero-order chi connectivity index (χ0) is 11.4. The van der Waals surface area contributed by atoms with Crippen LogP contribution in [0.4, 0.5) is 5.82 Å². The smallest absolute Gasteiger partial charge is 0.148 e. The van der Waals surface area contributed by atoms with Gasteiger partial charge in [0, 0.05) is 11.8 Å². The van der Waals surface area contributed by atoms with Gasteiger partial charge in [0.2, 0.25) is 0 Å². The molecule has 1 fully saturated rings. The first kappa shape index (κ1) is 12.5. The minimum Gasteiger partial charge on any atom is -0.368 e. The third kappa shape index (κ3) is 3.25. The van der Waals surface area contributed by atoms with Crippen molar-refractivity contribution in [1.82, 2.24) is 9.97 Å². The van der Waals surface area contributed by atoms with Gasteiger partial charge < -0.3 is 5.32 Å². The maximum atomic E-state index is 5.89. The summed E-state index contributed by atoms with van der Waals surface area (Å²) >= 11 is 11.3. The number of rotatable bonds is 3. The van der Waals surface area contributed by atoms with Gasteiger partial charge in [-0.2, -0.15) is 11.8 Å². The van der Waals surface area contributed by atoms with Crippen LogP contribution in [0.15, 0.2) is 10.8 Å². The van der Waals surface area contributed by atoms with Crippen molar-refractivity contribution >= 4 is 45.1 Å². The van der Waals surface area contributed by atoms with Gasteiger partial charge in [0.1, 0.15) is 17.3 Å². The van der Waals surface area contributed by atoms with Crippen LogP contribution in [-0.4, -0.2) is 27.5 Å². The van der Waals surface area contributed by atoms with Crippen LogP contribution in [0, 0.1) is 0 Å². The van der Waals surface area contributed by atoms with Crippen molar-refractivity contribution in [2.75, 3.05) is 17.6 Å². The number of hydrogen-bond donors (Lipinski definition) is 1. The first-order valence-corrected chi connectivity index (χ1v) is 7.51. The molecule has 0 saturated carbocycles. The van der Waals surface area contributed by atoms with E-state index in [2.05, 4.69) is 31.2 Å². The number of thioether (sulfide) groups is 1. The van der Waals surface area contributed by atoms with Crippen LogP contribution < -0.4 is 5.32 Å². The van der Waals surface area contributed by atoms with Gasteiger partial charge in [-0.05, 0) is 34.5 Å². The molecule has 1 aromatic rings. The highest BCUT2D eigenvalue weighted by Crippen LogP contribution is 2.28. The van der Waals surface area contributed by atoms with E-state index in [4.69, 9.17) is 11.6 Å². The molecule has 3 nitrogen and oxygen atoms in total. The Morgan fingerprint density at radius 2 is 2.38 bits per heavy atom. The van der Waals surface area contributed by atoms with E-state index >= 15 is 0 Å². The predicted octanol–water partition coefficient (Wildman–Crippen LogP) is 3.59. The summed E-state index contributed by atoms with van der Waals surface area (Å²) in [5, 5.41) is 4.46. The van der Waals surface area contributed by atoms with Gasteiger partial charge in [-0.1, -0.05) is 18.0 Å². The topological polar surface area (TPSA) is 37.8 Å². The molecule has 1 aliphatic heterocycles. The monoisotopic (exact) mass is 321 g/mol. The number of anilines is 1. The third-order valence-corrected chi connectivity index (χ3v) is 5.18. The summed E-state index contributed by atoms with van der Waals surface area (Å²) in [5.74, 6) is 2.06. The lowest BCUT2D eigenvalue weighted by molar-refractivity contribution is 0.677. The van der Waals surface area contributed by atoms with E-state index in [1.165, 1.54) is 31.3 Å². The Labute approximate surface area is 113 Å². The standard InChI is InChI=1S/C10H13BrClN3S/c11-8-9(12)14-6-15-10(8)13-5-7-3-1-2-4-16-7/h6-7H,1-5H2,(H,13,14,15). The molecular formula is C10H13BrClN3S. The highest BCUT2D eigenvalue weighted by atomic mass is 79.9. The molecule has 16 heavy (non-hydrogen) atoms. The maximum Gasteiger partial charge on any atom is 0.148 e. The fourth-order valence-electron chi connectivity index (χ4n) is 1.65. The Kier molecular flexibility index (Phi) is 4.73. The second-order valence-corrected chi connectivity index (χ2v) is 6.26. The van der Waals surface area contributed by atoms with Crippen molar-refractivity contribution < 1.29 is 0 Å². The molecule has 0 amide bonds. The quantitative estimate of drug-likeness (QED) is 0.863. The first-order chi connectivity index (χ1) is 7.77. The van der Waals surface area contributed by atoms with E-state index in [1.807, 2.05) is 11.8 Å². The second kappa shape index (κ2) is 6.07. The normalized spacial score (nSPS) is 20.8. The third-order valence-electron chi connectivity index (χ3n) is 2.52. The molecule has 1 aromatic heterocycles. The van der Waals surface area contributed by atoms with E-state index in [0.29, 0.717) is 10.4 Å². The van der Waals surface area contributed by atoms with Crippen LogP contribution in [-0.2, 0) is 0 Å². The molecule has 0 bridgehead atoms. The molecule has 2 heterocycles. The Morgan fingerprint density at radius 1 is 1.50 bits per heavy atom. The van der Waals surface area contributed by atoms with Crippen molar-refractivity contribution in [3.05, 3.63) is 16.0 Å². The lowest BCUT2D eigenvalue weighted by Gasteiger charge is -2.21. The van der Waals surface area contributed by atoms with Crippen molar-refractivity contribution in [1.29, 1.82) is 0 Å². The summed E-state index contributed by atoms with van der Waals surface area (Å²) in [4.78, 5) is 8.06. The molecule has 1 N–H and O–H groups in total. The maximum absolute atomic E-state index is 5.89. The molecule has 0 aliphatic carbocycles. The molecule has 0 spiro atoms. The van der Waals surface area contributed by atoms with Crippen LogP contribution >= 0.6 is 39.3 Å². The Hall–Kier alpha value is 0. The van der Waals surface area contributed by atoms with Gasteiger partial charge in [0.25, 0.3) is 0 Å². The summed E-state index contributed by atoms with van der Waals surface area (Å²) in [6.45, 7) is 0.941. The summed E-state index contributed by atoms with van der Waals surface area (Å²) < 4.78 is 0.748. The van der Waals surface area contributed by atoms with E-state index in [1.54, 1.807) is 0 Å². The van der Waals surface area contributed by atoms with Crippen molar-refractivity contribution in [2.24, 2.45) is 0 Å². The molecule has 88 valence electrons. The van der Waals surface area contributed by atoms with Crippen molar-refractivity contribution in [2.45, 2.75) is 24.5 Å². The first-order valence-electron chi connectivity index (χ1n) is 5.29. The predicted molar refractivity (Wildman–Crippen MR) is 73.3 cm³/mol. The number of aromatic nitrogens is 2.